The second-order valence-electron chi connectivity index (χ2n) is 8.41. The van der Waals surface area contributed by atoms with Crippen LogP contribution in [0.3, 0.4) is 0 Å². The summed E-state index contributed by atoms with van der Waals surface area (Å²) >= 11 is 0. The molecular weight excluding hydrogens is 472 g/mol. The highest BCUT2D eigenvalue weighted by atomic mass is 16.8. The van der Waals surface area contributed by atoms with E-state index < -0.39 is 112 Å². The van der Waals surface area contributed by atoms with E-state index in [1.807, 2.05) is 0 Å². The molecule has 3 fully saturated rings. The van der Waals surface area contributed by atoms with Crippen molar-refractivity contribution in [1.29, 1.82) is 0 Å². The quantitative estimate of drug-likeness (QED) is 0.146. The maximum absolute atomic E-state index is 10.3. The molecule has 3 heterocycles. The van der Waals surface area contributed by atoms with Gasteiger partial charge in [0.2, 0.25) is 5.79 Å². The molecule has 16 nitrogen and oxygen atoms in total. The third-order valence-corrected chi connectivity index (χ3v) is 6.16. The molecule has 200 valence electrons. The van der Waals surface area contributed by atoms with Gasteiger partial charge < -0.3 is 79.9 Å². The first-order valence-electron chi connectivity index (χ1n) is 10.6. The highest BCUT2D eigenvalue weighted by molar-refractivity contribution is 4.98. The van der Waals surface area contributed by atoms with Gasteiger partial charge >= 0.3 is 0 Å². The summed E-state index contributed by atoms with van der Waals surface area (Å²) in [6.45, 7) is -3.14. The van der Waals surface area contributed by atoms with Gasteiger partial charge in [-0.3, -0.25) is 0 Å². The van der Waals surface area contributed by atoms with Crippen molar-refractivity contribution in [3.8, 4) is 0 Å². The number of ether oxygens (including phenoxy) is 5. The Hall–Kier alpha value is -0.640. The average molecular weight is 504 g/mol. The number of aliphatic hydroxyl groups excluding tert-OH is 11. The summed E-state index contributed by atoms with van der Waals surface area (Å²) in [5, 5.41) is 109. The third-order valence-electron chi connectivity index (χ3n) is 6.16. The molecule has 0 radical (unpaired) electrons. The molecule has 0 aromatic heterocycles. The second-order valence-corrected chi connectivity index (χ2v) is 8.41. The van der Waals surface area contributed by atoms with Crippen LogP contribution in [0.2, 0.25) is 0 Å². The van der Waals surface area contributed by atoms with E-state index in [4.69, 9.17) is 23.7 Å². The maximum Gasteiger partial charge on any atom is 0.224 e. The molecule has 11 N–H and O–H groups in total. The Morgan fingerprint density at radius 1 is 0.588 bits per heavy atom. The monoisotopic (exact) mass is 504 g/mol. The zero-order valence-corrected chi connectivity index (χ0v) is 17.8. The minimum absolute atomic E-state index is 0.634. The van der Waals surface area contributed by atoms with Crippen molar-refractivity contribution in [3.05, 3.63) is 0 Å². The summed E-state index contributed by atoms with van der Waals surface area (Å²) in [5.41, 5.74) is 0. The summed E-state index contributed by atoms with van der Waals surface area (Å²) in [7, 11) is 0. The largest absolute Gasteiger partial charge is 0.394 e. The van der Waals surface area contributed by atoms with Crippen molar-refractivity contribution in [2.45, 2.75) is 85.5 Å². The van der Waals surface area contributed by atoms with Crippen molar-refractivity contribution in [2.75, 3.05) is 26.4 Å². The molecule has 3 saturated heterocycles. The third kappa shape index (κ3) is 5.09. The lowest BCUT2D eigenvalue weighted by atomic mass is 9.98. The summed E-state index contributed by atoms with van der Waals surface area (Å²) < 4.78 is 26.4. The van der Waals surface area contributed by atoms with Crippen molar-refractivity contribution in [3.63, 3.8) is 0 Å². The molecule has 16 heteroatoms. The van der Waals surface area contributed by atoms with Crippen LogP contribution in [0.15, 0.2) is 0 Å². The molecule has 34 heavy (non-hydrogen) atoms. The van der Waals surface area contributed by atoms with Crippen LogP contribution in [-0.4, -0.2) is 168 Å². The lowest BCUT2D eigenvalue weighted by Gasteiger charge is -2.44. The zero-order chi connectivity index (χ0) is 25.4. The Balaban J connectivity index is 1.69. The van der Waals surface area contributed by atoms with E-state index in [9.17, 15) is 56.2 Å². The molecule has 0 bridgehead atoms. The van der Waals surface area contributed by atoms with Gasteiger partial charge in [-0.15, -0.1) is 0 Å². The molecule has 0 spiro atoms. The summed E-state index contributed by atoms with van der Waals surface area (Å²) in [5.74, 6) is -2.36. The number of aliphatic hydroxyl groups is 11. The van der Waals surface area contributed by atoms with Gasteiger partial charge in [0.25, 0.3) is 0 Å². The predicted octanol–water partition coefficient (Wildman–Crippen LogP) is -7.57. The Morgan fingerprint density at radius 2 is 1.12 bits per heavy atom. The van der Waals surface area contributed by atoms with Gasteiger partial charge in [-0.1, -0.05) is 0 Å². The lowest BCUT2D eigenvalue weighted by Crippen LogP contribution is -2.63. The fraction of sp³-hybridized carbons (Fsp3) is 1.00. The molecule has 0 aliphatic carbocycles. The van der Waals surface area contributed by atoms with Crippen LogP contribution >= 0.6 is 0 Å². The second kappa shape index (κ2) is 11.2. The molecule has 11 unspecified atom stereocenters. The van der Waals surface area contributed by atoms with Gasteiger partial charge in [-0.05, 0) is 0 Å². The van der Waals surface area contributed by atoms with Crippen molar-refractivity contribution in [2.24, 2.45) is 0 Å². The molecule has 0 saturated carbocycles. The Labute approximate surface area is 192 Å². The highest BCUT2D eigenvalue weighted by Crippen LogP contribution is 2.36. The first-order chi connectivity index (χ1) is 16.0. The van der Waals surface area contributed by atoms with E-state index in [1.165, 1.54) is 0 Å². The normalized spacial score (nSPS) is 52.1. The molecule has 14 atom stereocenters. The van der Waals surface area contributed by atoms with Gasteiger partial charge in [0.15, 0.2) is 12.6 Å². The Bertz CT molecular complexity index is 653. The van der Waals surface area contributed by atoms with E-state index in [0.717, 1.165) is 0 Å². The van der Waals surface area contributed by atoms with Crippen LogP contribution in [0.4, 0.5) is 0 Å². The number of hydrogen-bond donors (Lipinski definition) is 11. The van der Waals surface area contributed by atoms with Gasteiger partial charge in [0.1, 0.15) is 73.8 Å². The Morgan fingerprint density at radius 3 is 1.65 bits per heavy atom. The number of rotatable bonds is 8. The first-order valence-corrected chi connectivity index (χ1v) is 10.6. The van der Waals surface area contributed by atoms with E-state index in [1.54, 1.807) is 0 Å². The van der Waals surface area contributed by atoms with E-state index in [-0.39, 0.29) is 0 Å². The van der Waals surface area contributed by atoms with E-state index in [0.29, 0.717) is 0 Å². The van der Waals surface area contributed by atoms with E-state index in [2.05, 4.69) is 0 Å². The van der Waals surface area contributed by atoms with Crippen molar-refractivity contribution < 1.29 is 79.9 Å². The summed E-state index contributed by atoms with van der Waals surface area (Å²) in [6.07, 6.45) is -21.8. The van der Waals surface area contributed by atoms with Crippen LogP contribution in [-0.2, 0) is 23.7 Å². The Kier molecular flexibility index (Phi) is 9.18. The summed E-state index contributed by atoms with van der Waals surface area (Å²) in [6, 6.07) is 0. The molecule has 0 aromatic carbocycles. The van der Waals surface area contributed by atoms with E-state index >= 15 is 0 Å². The molecular formula is C18H32O16. The fourth-order valence-corrected chi connectivity index (χ4v) is 4.01. The smallest absolute Gasteiger partial charge is 0.224 e. The fourth-order valence-electron chi connectivity index (χ4n) is 4.01. The van der Waals surface area contributed by atoms with Crippen molar-refractivity contribution in [1.82, 2.24) is 0 Å². The van der Waals surface area contributed by atoms with Crippen LogP contribution < -0.4 is 0 Å². The molecule has 3 aliphatic heterocycles. The van der Waals surface area contributed by atoms with Gasteiger partial charge in [0.05, 0.1) is 19.8 Å². The minimum Gasteiger partial charge on any atom is -0.394 e. The van der Waals surface area contributed by atoms with Gasteiger partial charge in [-0.25, -0.2) is 0 Å². The van der Waals surface area contributed by atoms with Crippen LogP contribution in [0.1, 0.15) is 0 Å². The summed E-state index contributed by atoms with van der Waals surface area (Å²) in [4.78, 5) is 0. The minimum atomic E-state index is -2.36. The number of hydrogen-bond acceptors (Lipinski definition) is 16. The SMILES string of the molecule is OCC1OC(OCC2OC(O[C@]3(CO)OC(CO)C(O)C3O)[C@H](O)C(O)C2O)[C@H](O)C(O)C1O. The van der Waals surface area contributed by atoms with Crippen molar-refractivity contribution >= 4 is 0 Å². The van der Waals surface area contributed by atoms with Crippen LogP contribution in [0, 0.1) is 0 Å². The molecule has 0 amide bonds. The van der Waals surface area contributed by atoms with Crippen LogP contribution in [0.25, 0.3) is 0 Å². The maximum atomic E-state index is 10.3. The topological polar surface area (TPSA) is 269 Å². The van der Waals surface area contributed by atoms with Crippen LogP contribution in [0.5, 0.6) is 0 Å². The predicted molar refractivity (Wildman–Crippen MR) is 101 cm³/mol. The van der Waals surface area contributed by atoms with Gasteiger partial charge in [0, 0.05) is 0 Å². The first kappa shape index (κ1) is 27.9. The highest BCUT2D eigenvalue weighted by Gasteiger charge is 2.58. The molecule has 0 aromatic rings. The van der Waals surface area contributed by atoms with Gasteiger partial charge in [-0.2, -0.15) is 0 Å². The zero-order valence-electron chi connectivity index (χ0n) is 17.8. The standard InChI is InChI=1S/C18H32O16/c19-1-5-8(22)11(25)13(27)16(31-5)30-3-7-9(23)12(26)14(28)17(32-7)34-18(4-21)15(29)10(24)6(2-20)33-18/h5-17,19-29H,1-4H2/t5?,6?,7?,8?,9?,10?,11?,12?,13-,14-,15?,16?,17?,18+/m1/s1. The average Bonchev–Trinajstić information content (AvgIpc) is 3.08. The molecule has 3 aliphatic rings. The lowest BCUT2D eigenvalue weighted by molar-refractivity contribution is -0.388. The molecule has 3 rings (SSSR count).